The van der Waals surface area contributed by atoms with E-state index in [1.165, 1.54) is 6.07 Å². The van der Waals surface area contributed by atoms with Crippen molar-refractivity contribution in [2.45, 2.75) is 19.8 Å². The van der Waals surface area contributed by atoms with Crippen molar-refractivity contribution in [2.75, 3.05) is 26.7 Å². The molecule has 0 radical (unpaired) electrons. The van der Waals surface area contributed by atoms with Gasteiger partial charge >= 0.3 is 0 Å². The molecule has 0 atom stereocenters. The van der Waals surface area contributed by atoms with Gasteiger partial charge in [0.05, 0.1) is 4.92 Å². The van der Waals surface area contributed by atoms with Gasteiger partial charge in [-0.1, -0.05) is 12.1 Å². The summed E-state index contributed by atoms with van der Waals surface area (Å²) in [5.74, 6) is 0.355. The second-order valence-corrected chi connectivity index (χ2v) is 5.52. The summed E-state index contributed by atoms with van der Waals surface area (Å²) in [4.78, 5) is 25.0. The topological polar surface area (TPSA) is 75.5 Å². The molecule has 114 valence electrons. The van der Waals surface area contributed by atoms with Crippen LogP contribution in [0.4, 0.5) is 5.69 Å². The van der Waals surface area contributed by atoms with E-state index in [0.717, 1.165) is 19.4 Å². The van der Waals surface area contributed by atoms with E-state index < -0.39 is 4.92 Å². The monoisotopic (exact) mass is 291 g/mol. The Bertz CT molecular complexity index is 537. The van der Waals surface area contributed by atoms with Gasteiger partial charge in [0.15, 0.2) is 0 Å². The third kappa shape index (κ3) is 3.39. The highest BCUT2D eigenvalue weighted by atomic mass is 16.6. The Morgan fingerprint density at radius 2 is 2.10 bits per heavy atom. The molecule has 1 aromatic carbocycles. The number of piperidine rings is 1. The van der Waals surface area contributed by atoms with Gasteiger partial charge in [-0.2, -0.15) is 0 Å². The highest BCUT2D eigenvalue weighted by Crippen LogP contribution is 2.26. The predicted octanol–water partition coefficient (Wildman–Crippen LogP) is 1.97. The number of aryl methyl sites for hydroxylation is 1. The van der Waals surface area contributed by atoms with Crippen LogP contribution >= 0.6 is 0 Å². The number of carbonyl (C=O) groups is 1. The summed E-state index contributed by atoms with van der Waals surface area (Å²) in [5, 5.41) is 14.3. The average Bonchev–Trinajstić information content (AvgIpc) is 2.47. The molecule has 1 N–H and O–H groups in total. The summed E-state index contributed by atoms with van der Waals surface area (Å²) in [6, 6.07) is 4.76. The Balaban J connectivity index is 2.16. The first-order valence-electron chi connectivity index (χ1n) is 7.22. The summed E-state index contributed by atoms with van der Waals surface area (Å²) < 4.78 is 0. The Labute approximate surface area is 124 Å². The van der Waals surface area contributed by atoms with Crippen molar-refractivity contribution in [3.8, 4) is 0 Å². The minimum Gasteiger partial charge on any atom is -0.338 e. The normalized spacial score (nSPS) is 16.0. The standard InChI is InChI=1S/C15H21N3O3/c1-11-4-3-5-13(18(20)21)14(11)15(19)17-8-6-12(7-9-17)10-16-2/h3-5,12,16H,6-10H2,1-2H3. The smallest absolute Gasteiger partial charge is 0.282 e. The van der Waals surface area contributed by atoms with Crippen LogP contribution in [-0.2, 0) is 0 Å². The fourth-order valence-electron chi connectivity index (χ4n) is 2.87. The minimum atomic E-state index is -0.478. The van der Waals surface area contributed by atoms with E-state index in [2.05, 4.69) is 5.32 Å². The maximum atomic E-state index is 12.6. The lowest BCUT2D eigenvalue weighted by molar-refractivity contribution is -0.385. The van der Waals surface area contributed by atoms with Crippen LogP contribution in [0.2, 0.25) is 0 Å². The summed E-state index contributed by atoms with van der Waals surface area (Å²) in [7, 11) is 1.92. The van der Waals surface area contributed by atoms with E-state index in [0.29, 0.717) is 24.6 Å². The van der Waals surface area contributed by atoms with Crippen molar-refractivity contribution in [2.24, 2.45) is 5.92 Å². The van der Waals surface area contributed by atoms with Crippen molar-refractivity contribution in [3.05, 3.63) is 39.4 Å². The van der Waals surface area contributed by atoms with E-state index in [9.17, 15) is 14.9 Å². The molecule has 1 saturated heterocycles. The fourth-order valence-corrected chi connectivity index (χ4v) is 2.87. The van der Waals surface area contributed by atoms with Gasteiger partial charge in [0.1, 0.15) is 5.56 Å². The molecule has 6 heteroatoms. The van der Waals surface area contributed by atoms with Crippen LogP contribution in [0.1, 0.15) is 28.8 Å². The third-order valence-corrected chi connectivity index (χ3v) is 4.06. The summed E-state index contributed by atoms with van der Waals surface area (Å²) in [6.07, 6.45) is 1.87. The fraction of sp³-hybridized carbons (Fsp3) is 0.533. The van der Waals surface area contributed by atoms with Crippen LogP contribution in [0.25, 0.3) is 0 Å². The second kappa shape index (κ2) is 6.67. The molecule has 1 fully saturated rings. The molecule has 0 saturated carbocycles. The minimum absolute atomic E-state index is 0.0997. The number of nitrogens with zero attached hydrogens (tertiary/aromatic N) is 2. The maximum absolute atomic E-state index is 12.6. The van der Waals surface area contributed by atoms with Crippen LogP contribution in [-0.4, -0.2) is 42.4 Å². The zero-order chi connectivity index (χ0) is 15.4. The van der Waals surface area contributed by atoms with E-state index in [1.54, 1.807) is 24.0 Å². The quantitative estimate of drug-likeness (QED) is 0.680. The lowest BCUT2D eigenvalue weighted by Crippen LogP contribution is -2.40. The number of nitrogens with one attached hydrogen (secondary N) is 1. The van der Waals surface area contributed by atoms with Crippen LogP contribution in [0.3, 0.4) is 0 Å². The van der Waals surface area contributed by atoms with Crippen LogP contribution < -0.4 is 5.32 Å². The SMILES string of the molecule is CNCC1CCN(C(=O)c2c(C)cccc2[N+](=O)[O-])CC1. The molecule has 1 aromatic rings. The third-order valence-electron chi connectivity index (χ3n) is 4.06. The molecule has 1 heterocycles. The van der Waals surface area contributed by atoms with E-state index in [4.69, 9.17) is 0 Å². The number of hydrogen-bond acceptors (Lipinski definition) is 4. The highest BCUT2D eigenvalue weighted by Gasteiger charge is 2.29. The maximum Gasteiger partial charge on any atom is 0.282 e. The number of nitro groups is 1. The molecule has 2 rings (SSSR count). The van der Waals surface area contributed by atoms with Gasteiger partial charge in [-0.25, -0.2) is 0 Å². The number of benzene rings is 1. The number of rotatable bonds is 4. The first kappa shape index (κ1) is 15.4. The molecule has 1 aliphatic rings. The van der Waals surface area contributed by atoms with E-state index in [1.807, 2.05) is 7.05 Å². The Kier molecular flexibility index (Phi) is 4.90. The molecule has 1 aliphatic heterocycles. The van der Waals surface area contributed by atoms with E-state index >= 15 is 0 Å². The Morgan fingerprint density at radius 3 is 2.67 bits per heavy atom. The Morgan fingerprint density at radius 1 is 1.43 bits per heavy atom. The van der Waals surface area contributed by atoms with Crippen LogP contribution in [0.15, 0.2) is 18.2 Å². The lowest BCUT2D eigenvalue weighted by atomic mass is 9.95. The second-order valence-electron chi connectivity index (χ2n) is 5.52. The molecule has 0 aromatic heterocycles. The molecule has 0 aliphatic carbocycles. The molecule has 6 nitrogen and oxygen atoms in total. The van der Waals surface area contributed by atoms with E-state index in [-0.39, 0.29) is 17.2 Å². The Hall–Kier alpha value is -1.95. The zero-order valence-corrected chi connectivity index (χ0v) is 12.5. The number of hydrogen-bond donors (Lipinski definition) is 1. The molecular formula is C15H21N3O3. The van der Waals surface area contributed by atoms with Crippen molar-refractivity contribution in [1.82, 2.24) is 10.2 Å². The van der Waals surface area contributed by atoms with Crippen molar-refractivity contribution < 1.29 is 9.72 Å². The summed E-state index contributed by atoms with van der Waals surface area (Å²) in [6.45, 7) is 4.02. The number of amides is 1. The number of nitro benzene ring substituents is 1. The number of carbonyl (C=O) groups excluding carboxylic acids is 1. The number of likely N-dealkylation sites (tertiary alicyclic amines) is 1. The highest BCUT2D eigenvalue weighted by molar-refractivity contribution is 5.99. The molecule has 21 heavy (non-hydrogen) atoms. The van der Waals surface area contributed by atoms with Crippen LogP contribution in [0, 0.1) is 23.0 Å². The molecule has 0 spiro atoms. The van der Waals surface area contributed by atoms with Gasteiger partial charge in [0.2, 0.25) is 0 Å². The van der Waals surface area contributed by atoms with Crippen molar-refractivity contribution in [1.29, 1.82) is 0 Å². The van der Waals surface area contributed by atoms with Gasteiger partial charge < -0.3 is 10.2 Å². The largest absolute Gasteiger partial charge is 0.338 e. The molecule has 0 bridgehead atoms. The molecule has 0 unspecified atom stereocenters. The van der Waals surface area contributed by atoms with Gasteiger partial charge in [-0.3, -0.25) is 14.9 Å². The predicted molar refractivity (Wildman–Crippen MR) is 80.4 cm³/mol. The van der Waals surface area contributed by atoms with Crippen molar-refractivity contribution >= 4 is 11.6 Å². The zero-order valence-electron chi connectivity index (χ0n) is 12.5. The first-order valence-corrected chi connectivity index (χ1v) is 7.22. The lowest BCUT2D eigenvalue weighted by Gasteiger charge is -2.32. The van der Waals surface area contributed by atoms with Crippen molar-refractivity contribution in [3.63, 3.8) is 0 Å². The summed E-state index contributed by atoms with van der Waals surface area (Å²) >= 11 is 0. The molecule has 1 amide bonds. The molecular weight excluding hydrogens is 270 g/mol. The first-order chi connectivity index (χ1) is 10.0. The van der Waals surface area contributed by atoms with Gasteiger partial charge in [0.25, 0.3) is 11.6 Å². The van der Waals surface area contributed by atoms with Gasteiger partial charge in [-0.15, -0.1) is 0 Å². The summed E-state index contributed by atoms with van der Waals surface area (Å²) in [5.41, 5.74) is 0.790. The van der Waals surface area contributed by atoms with Gasteiger partial charge in [-0.05, 0) is 44.8 Å². The van der Waals surface area contributed by atoms with Crippen LogP contribution in [0.5, 0.6) is 0 Å². The average molecular weight is 291 g/mol. The van der Waals surface area contributed by atoms with Gasteiger partial charge in [0, 0.05) is 19.2 Å².